The minimum absolute atomic E-state index is 0.0683. The lowest BCUT2D eigenvalue weighted by Crippen LogP contribution is -2.04. The van der Waals surface area contributed by atoms with Crippen LogP contribution in [-0.2, 0) is 12.6 Å². The van der Waals surface area contributed by atoms with E-state index in [0.717, 1.165) is 24.4 Å². The van der Waals surface area contributed by atoms with Crippen molar-refractivity contribution in [2.45, 2.75) is 12.6 Å². The number of hydrogen-bond acceptors (Lipinski definition) is 2. The van der Waals surface area contributed by atoms with E-state index < -0.39 is 17.6 Å². The van der Waals surface area contributed by atoms with E-state index in [2.05, 4.69) is 4.98 Å². The third-order valence-electron chi connectivity index (χ3n) is 2.69. The van der Waals surface area contributed by atoms with Crippen molar-refractivity contribution >= 4 is 0 Å². The van der Waals surface area contributed by atoms with Gasteiger partial charge in [-0.2, -0.15) is 18.4 Å². The minimum Gasteiger partial charge on any atom is -0.253 e. The summed E-state index contributed by atoms with van der Waals surface area (Å²) in [4.78, 5) is 3.85. The zero-order valence-electron chi connectivity index (χ0n) is 10.1. The van der Waals surface area contributed by atoms with Crippen LogP contribution < -0.4 is 0 Å². The summed E-state index contributed by atoms with van der Waals surface area (Å²) < 4.78 is 50.5. The van der Waals surface area contributed by atoms with Crippen molar-refractivity contribution in [3.63, 3.8) is 0 Å². The molecule has 0 spiro atoms. The lowest BCUT2D eigenvalue weighted by Gasteiger charge is -2.09. The van der Waals surface area contributed by atoms with Crippen molar-refractivity contribution in [3.05, 3.63) is 53.5 Å². The summed E-state index contributed by atoms with van der Waals surface area (Å²) in [6.45, 7) is 0. The van der Waals surface area contributed by atoms with Gasteiger partial charge in [-0.05, 0) is 23.8 Å². The van der Waals surface area contributed by atoms with Gasteiger partial charge in [-0.25, -0.2) is 4.39 Å². The second-order valence-electron chi connectivity index (χ2n) is 4.07. The normalized spacial score (nSPS) is 11.2. The molecule has 0 saturated heterocycles. The standard InChI is InChI=1S/C14H8F4N2/c15-12-7-10(5-6-19)13(20-8-12)9-1-3-11(4-2-9)14(16,17)18/h1-4,7-8H,5H2. The Morgan fingerprint density at radius 1 is 1.15 bits per heavy atom. The lowest BCUT2D eigenvalue weighted by atomic mass is 10.0. The highest BCUT2D eigenvalue weighted by Crippen LogP contribution is 2.31. The molecular formula is C14H8F4N2. The highest BCUT2D eigenvalue weighted by atomic mass is 19.4. The summed E-state index contributed by atoms with van der Waals surface area (Å²) in [7, 11) is 0. The van der Waals surface area contributed by atoms with Crippen LogP contribution in [0.1, 0.15) is 11.1 Å². The number of aromatic nitrogens is 1. The fourth-order valence-electron chi connectivity index (χ4n) is 1.78. The Bertz CT molecular complexity index is 654. The predicted octanol–water partition coefficient (Wildman–Crippen LogP) is 3.97. The Morgan fingerprint density at radius 2 is 1.80 bits per heavy atom. The number of alkyl halides is 3. The molecule has 2 aromatic rings. The number of nitrogens with zero attached hydrogens (tertiary/aromatic N) is 2. The van der Waals surface area contributed by atoms with Crippen molar-refractivity contribution in [2.24, 2.45) is 0 Å². The Labute approximate surface area is 112 Å². The molecule has 0 aliphatic rings. The third-order valence-corrected chi connectivity index (χ3v) is 2.69. The number of halogens is 4. The minimum atomic E-state index is -4.41. The van der Waals surface area contributed by atoms with Crippen LogP contribution >= 0.6 is 0 Å². The SMILES string of the molecule is N#CCc1cc(F)cnc1-c1ccc(C(F)(F)F)cc1. The van der Waals surface area contributed by atoms with Gasteiger partial charge in [0.25, 0.3) is 0 Å². The molecule has 1 aromatic carbocycles. The first kappa shape index (κ1) is 14.0. The number of rotatable bonds is 2. The summed E-state index contributed by atoms with van der Waals surface area (Å²) in [6, 6.07) is 7.39. The van der Waals surface area contributed by atoms with E-state index in [4.69, 9.17) is 5.26 Å². The Kier molecular flexibility index (Phi) is 3.70. The maximum absolute atomic E-state index is 13.1. The Hall–Kier alpha value is -2.42. The smallest absolute Gasteiger partial charge is 0.253 e. The van der Waals surface area contributed by atoms with Gasteiger partial charge >= 0.3 is 6.18 Å². The Morgan fingerprint density at radius 3 is 2.35 bits per heavy atom. The molecule has 2 nitrogen and oxygen atoms in total. The maximum atomic E-state index is 13.1. The van der Waals surface area contributed by atoms with Crippen molar-refractivity contribution in [1.82, 2.24) is 4.98 Å². The van der Waals surface area contributed by atoms with E-state index in [9.17, 15) is 17.6 Å². The van der Waals surface area contributed by atoms with Crippen molar-refractivity contribution in [2.75, 3.05) is 0 Å². The second kappa shape index (κ2) is 5.29. The summed E-state index contributed by atoms with van der Waals surface area (Å²) >= 11 is 0. The number of nitriles is 1. The van der Waals surface area contributed by atoms with Crippen molar-refractivity contribution < 1.29 is 17.6 Å². The third kappa shape index (κ3) is 2.94. The molecule has 0 N–H and O–H groups in total. The highest BCUT2D eigenvalue weighted by Gasteiger charge is 2.30. The van der Waals surface area contributed by atoms with Crippen LogP contribution in [0.15, 0.2) is 36.5 Å². The highest BCUT2D eigenvalue weighted by molar-refractivity contribution is 5.63. The molecule has 6 heteroatoms. The summed E-state index contributed by atoms with van der Waals surface area (Å²) in [5.74, 6) is -0.592. The van der Waals surface area contributed by atoms with Gasteiger partial charge in [0.05, 0.1) is 29.9 Å². The zero-order valence-corrected chi connectivity index (χ0v) is 10.1. The summed E-state index contributed by atoms with van der Waals surface area (Å²) in [5, 5.41) is 8.68. The van der Waals surface area contributed by atoms with Crippen molar-refractivity contribution in [3.8, 4) is 17.3 Å². The van der Waals surface area contributed by atoms with Gasteiger partial charge < -0.3 is 0 Å². The molecule has 1 aromatic heterocycles. The lowest BCUT2D eigenvalue weighted by molar-refractivity contribution is -0.137. The van der Waals surface area contributed by atoms with E-state index in [1.54, 1.807) is 0 Å². The monoisotopic (exact) mass is 280 g/mol. The molecule has 0 unspecified atom stereocenters. The van der Waals surface area contributed by atoms with Crippen LogP contribution in [-0.4, -0.2) is 4.98 Å². The average Bonchev–Trinajstić information content (AvgIpc) is 2.38. The van der Waals surface area contributed by atoms with Gasteiger partial charge in [-0.15, -0.1) is 0 Å². The second-order valence-corrected chi connectivity index (χ2v) is 4.07. The molecule has 0 aliphatic carbocycles. The quantitative estimate of drug-likeness (QED) is 0.780. The first-order valence-electron chi connectivity index (χ1n) is 5.61. The molecule has 0 aliphatic heterocycles. The molecule has 102 valence electrons. The van der Waals surface area contributed by atoms with Crippen LogP contribution in [0.5, 0.6) is 0 Å². The van der Waals surface area contributed by atoms with E-state index in [1.165, 1.54) is 12.1 Å². The van der Waals surface area contributed by atoms with Crippen LogP contribution in [0.4, 0.5) is 17.6 Å². The van der Waals surface area contributed by atoms with Crippen LogP contribution in [0, 0.1) is 17.1 Å². The zero-order chi connectivity index (χ0) is 14.8. The fraction of sp³-hybridized carbons (Fsp3) is 0.143. The van der Waals surface area contributed by atoms with E-state index in [1.807, 2.05) is 6.07 Å². The van der Waals surface area contributed by atoms with Gasteiger partial charge in [0.1, 0.15) is 5.82 Å². The maximum Gasteiger partial charge on any atom is 0.416 e. The van der Waals surface area contributed by atoms with Crippen LogP contribution in [0.25, 0.3) is 11.3 Å². The molecule has 0 radical (unpaired) electrons. The first-order valence-corrected chi connectivity index (χ1v) is 5.61. The molecule has 0 fully saturated rings. The van der Waals surface area contributed by atoms with Crippen LogP contribution in [0.2, 0.25) is 0 Å². The number of hydrogen-bond donors (Lipinski definition) is 0. The molecule has 20 heavy (non-hydrogen) atoms. The van der Waals surface area contributed by atoms with E-state index >= 15 is 0 Å². The largest absolute Gasteiger partial charge is 0.416 e. The van der Waals surface area contributed by atoms with E-state index in [0.29, 0.717) is 16.8 Å². The predicted molar refractivity (Wildman–Crippen MR) is 64.0 cm³/mol. The van der Waals surface area contributed by atoms with Gasteiger partial charge in [0.15, 0.2) is 0 Å². The fourth-order valence-corrected chi connectivity index (χ4v) is 1.78. The van der Waals surface area contributed by atoms with Crippen molar-refractivity contribution in [1.29, 1.82) is 5.26 Å². The van der Waals surface area contributed by atoms with Gasteiger partial charge in [-0.3, -0.25) is 4.98 Å². The summed E-state index contributed by atoms with van der Waals surface area (Å²) in [6.07, 6.45) is -3.51. The molecule has 0 amide bonds. The molecule has 0 atom stereocenters. The average molecular weight is 280 g/mol. The van der Waals surface area contributed by atoms with Gasteiger partial charge in [-0.1, -0.05) is 12.1 Å². The summed E-state index contributed by atoms with van der Waals surface area (Å²) in [5.41, 5.74) is 0.280. The molecule has 0 saturated carbocycles. The molecule has 0 bridgehead atoms. The molecule has 2 rings (SSSR count). The van der Waals surface area contributed by atoms with Gasteiger partial charge in [0, 0.05) is 5.56 Å². The topological polar surface area (TPSA) is 36.7 Å². The molecular weight excluding hydrogens is 272 g/mol. The number of pyridine rings is 1. The number of benzene rings is 1. The van der Waals surface area contributed by atoms with Crippen LogP contribution in [0.3, 0.4) is 0 Å². The molecule has 1 heterocycles. The van der Waals surface area contributed by atoms with E-state index in [-0.39, 0.29) is 6.42 Å². The first-order chi connectivity index (χ1) is 9.41. The Balaban J connectivity index is 2.44. The van der Waals surface area contributed by atoms with Gasteiger partial charge in [0.2, 0.25) is 0 Å².